The van der Waals surface area contributed by atoms with Crippen molar-refractivity contribution in [3.05, 3.63) is 47.9 Å². The van der Waals surface area contributed by atoms with Gasteiger partial charge in [0.05, 0.1) is 16.6 Å². The fourth-order valence-electron chi connectivity index (χ4n) is 1.86. The number of H-pyrrole nitrogens is 1. The van der Waals surface area contributed by atoms with Gasteiger partial charge >= 0.3 is 0 Å². The molecule has 2 aromatic heterocycles. The smallest absolute Gasteiger partial charge is 0.268 e. The van der Waals surface area contributed by atoms with Gasteiger partial charge < -0.3 is 0 Å². The van der Waals surface area contributed by atoms with Gasteiger partial charge in [0, 0.05) is 29.5 Å². The van der Waals surface area contributed by atoms with E-state index in [-0.39, 0.29) is 11.1 Å². The zero-order valence-electron chi connectivity index (χ0n) is 11.4. The van der Waals surface area contributed by atoms with Crippen LogP contribution in [-0.4, -0.2) is 14.8 Å². The van der Waals surface area contributed by atoms with Gasteiger partial charge in [0.15, 0.2) is 0 Å². The highest BCUT2D eigenvalue weighted by Gasteiger charge is 2.07. The number of alkyl halides is 1. The molecule has 0 bridgehead atoms. The van der Waals surface area contributed by atoms with Crippen LogP contribution in [0.2, 0.25) is 0 Å². The standard InChI is InChI=1S/C13H16ClN3O2S/c1-8-9(2)13(19)17(16-12(8)18)5-3-4-11-15-10(6-14)7-20-11/h7H,3-6H2,1-2H3,(H,16,18). The molecule has 0 spiro atoms. The molecule has 0 amide bonds. The molecule has 5 nitrogen and oxygen atoms in total. The highest BCUT2D eigenvalue weighted by molar-refractivity contribution is 7.09. The van der Waals surface area contributed by atoms with E-state index in [9.17, 15) is 9.59 Å². The molecule has 2 rings (SSSR count). The topological polar surface area (TPSA) is 67.8 Å². The monoisotopic (exact) mass is 313 g/mol. The van der Waals surface area contributed by atoms with E-state index in [1.54, 1.807) is 25.2 Å². The molecule has 20 heavy (non-hydrogen) atoms. The first-order valence-electron chi connectivity index (χ1n) is 6.32. The van der Waals surface area contributed by atoms with Gasteiger partial charge in [-0.1, -0.05) is 0 Å². The summed E-state index contributed by atoms with van der Waals surface area (Å²) in [7, 11) is 0. The third-order valence-corrected chi connectivity index (χ3v) is 4.45. The van der Waals surface area contributed by atoms with Crippen molar-refractivity contribution in [2.45, 2.75) is 39.1 Å². The second-order valence-corrected chi connectivity index (χ2v) is 5.83. The summed E-state index contributed by atoms with van der Waals surface area (Å²) >= 11 is 7.27. The third kappa shape index (κ3) is 3.19. The largest absolute Gasteiger partial charge is 0.268 e. The average Bonchev–Trinajstić information content (AvgIpc) is 2.90. The van der Waals surface area contributed by atoms with Crippen molar-refractivity contribution in [3.63, 3.8) is 0 Å². The molecule has 108 valence electrons. The number of aryl methyl sites for hydroxylation is 2. The predicted octanol–water partition coefficient (Wildman–Crippen LogP) is 1.98. The van der Waals surface area contributed by atoms with Crippen LogP contribution in [0.1, 0.15) is 28.2 Å². The minimum Gasteiger partial charge on any atom is -0.268 e. The second-order valence-electron chi connectivity index (χ2n) is 4.62. The molecular weight excluding hydrogens is 298 g/mol. The number of aromatic nitrogens is 3. The van der Waals surface area contributed by atoms with Crippen LogP contribution < -0.4 is 11.1 Å². The van der Waals surface area contributed by atoms with Crippen molar-refractivity contribution < 1.29 is 0 Å². The highest BCUT2D eigenvalue weighted by atomic mass is 35.5. The van der Waals surface area contributed by atoms with E-state index in [1.165, 1.54) is 4.68 Å². The number of aromatic amines is 1. The summed E-state index contributed by atoms with van der Waals surface area (Å²) in [6.45, 7) is 3.81. The maximum absolute atomic E-state index is 12.0. The summed E-state index contributed by atoms with van der Waals surface area (Å²) in [4.78, 5) is 28.0. The molecule has 0 atom stereocenters. The lowest BCUT2D eigenvalue weighted by Crippen LogP contribution is -2.33. The number of thiazole rings is 1. The summed E-state index contributed by atoms with van der Waals surface area (Å²) < 4.78 is 1.38. The zero-order chi connectivity index (χ0) is 14.7. The van der Waals surface area contributed by atoms with E-state index in [2.05, 4.69) is 10.1 Å². The molecule has 0 fully saturated rings. The highest BCUT2D eigenvalue weighted by Crippen LogP contribution is 2.13. The van der Waals surface area contributed by atoms with Crippen LogP contribution in [0.3, 0.4) is 0 Å². The van der Waals surface area contributed by atoms with Gasteiger partial charge in [-0.15, -0.1) is 22.9 Å². The Morgan fingerprint density at radius 1 is 1.35 bits per heavy atom. The normalized spacial score (nSPS) is 10.9. The maximum Gasteiger partial charge on any atom is 0.268 e. The second kappa shape index (κ2) is 6.37. The molecular formula is C13H16ClN3O2S. The Labute approximate surface area is 125 Å². The van der Waals surface area contributed by atoms with Gasteiger partial charge in [-0.2, -0.15) is 0 Å². The minimum atomic E-state index is -0.208. The number of hydrogen-bond acceptors (Lipinski definition) is 4. The van der Waals surface area contributed by atoms with Gasteiger partial charge in [-0.05, 0) is 20.3 Å². The molecule has 0 saturated carbocycles. The van der Waals surface area contributed by atoms with Crippen molar-refractivity contribution in [2.75, 3.05) is 0 Å². The average molecular weight is 314 g/mol. The first kappa shape index (κ1) is 15.0. The number of hydrogen-bond donors (Lipinski definition) is 1. The Balaban J connectivity index is 2.05. The quantitative estimate of drug-likeness (QED) is 0.858. The van der Waals surface area contributed by atoms with Gasteiger partial charge in [-0.25, -0.2) is 4.98 Å². The summed E-state index contributed by atoms with van der Waals surface area (Å²) in [5.74, 6) is 0.417. The Morgan fingerprint density at radius 2 is 2.10 bits per heavy atom. The molecule has 0 aliphatic carbocycles. The Bertz CT molecular complexity index is 717. The molecule has 7 heteroatoms. The summed E-state index contributed by atoms with van der Waals surface area (Å²) in [5.41, 5.74) is 1.53. The molecule has 0 aromatic carbocycles. The minimum absolute atomic E-state index is 0.136. The molecule has 0 radical (unpaired) electrons. The lowest BCUT2D eigenvalue weighted by molar-refractivity contribution is 0.535. The maximum atomic E-state index is 12.0. The molecule has 1 N–H and O–H groups in total. The lowest BCUT2D eigenvalue weighted by Gasteiger charge is -2.07. The predicted molar refractivity (Wildman–Crippen MR) is 80.8 cm³/mol. The van der Waals surface area contributed by atoms with Crippen LogP contribution >= 0.6 is 22.9 Å². The van der Waals surface area contributed by atoms with E-state index in [0.717, 1.165) is 23.5 Å². The van der Waals surface area contributed by atoms with E-state index in [0.29, 0.717) is 23.6 Å². The van der Waals surface area contributed by atoms with Crippen LogP contribution in [0.5, 0.6) is 0 Å². The summed E-state index contributed by atoms with van der Waals surface area (Å²) in [6.07, 6.45) is 1.51. The van der Waals surface area contributed by atoms with Gasteiger partial charge in [0.25, 0.3) is 11.1 Å². The van der Waals surface area contributed by atoms with E-state index in [1.807, 2.05) is 5.38 Å². The van der Waals surface area contributed by atoms with Crippen LogP contribution in [0, 0.1) is 13.8 Å². The SMILES string of the molecule is Cc1c(C)c(=O)n(CCCc2nc(CCl)cs2)[nH]c1=O. The molecule has 2 heterocycles. The Morgan fingerprint density at radius 3 is 2.75 bits per heavy atom. The number of nitrogens with one attached hydrogen (secondary N) is 1. The van der Waals surface area contributed by atoms with Gasteiger partial charge in [0.1, 0.15) is 0 Å². The summed E-state index contributed by atoms with van der Waals surface area (Å²) in [5, 5.41) is 5.53. The molecule has 0 unspecified atom stereocenters. The van der Waals surface area contributed by atoms with Crippen molar-refractivity contribution in [1.82, 2.24) is 14.8 Å². The van der Waals surface area contributed by atoms with Crippen LogP contribution in [0.4, 0.5) is 0 Å². The third-order valence-electron chi connectivity index (χ3n) is 3.21. The molecule has 0 aliphatic heterocycles. The molecule has 2 aromatic rings. The first-order valence-corrected chi connectivity index (χ1v) is 7.74. The fraction of sp³-hybridized carbons (Fsp3) is 0.462. The van der Waals surface area contributed by atoms with Crippen LogP contribution in [0.25, 0.3) is 0 Å². The Kier molecular flexibility index (Phi) is 4.77. The van der Waals surface area contributed by atoms with Crippen molar-refractivity contribution >= 4 is 22.9 Å². The van der Waals surface area contributed by atoms with E-state index in [4.69, 9.17) is 11.6 Å². The van der Waals surface area contributed by atoms with E-state index < -0.39 is 0 Å². The first-order chi connectivity index (χ1) is 9.52. The number of nitrogens with zero attached hydrogens (tertiary/aromatic N) is 2. The zero-order valence-corrected chi connectivity index (χ0v) is 13.0. The van der Waals surface area contributed by atoms with Crippen LogP contribution in [0.15, 0.2) is 15.0 Å². The van der Waals surface area contributed by atoms with Gasteiger partial charge in [-0.3, -0.25) is 19.4 Å². The van der Waals surface area contributed by atoms with Crippen LogP contribution in [-0.2, 0) is 18.8 Å². The molecule has 0 saturated heterocycles. The number of rotatable bonds is 5. The Hall–Kier alpha value is -1.40. The van der Waals surface area contributed by atoms with Crippen molar-refractivity contribution in [1.29, 1.82) is 0 Å². The van der Waals surface area contributed by atoms with E-state index >= 15 is 0 Å². The lowest BCUT2D eigenvalue weighted by atomic mass is 10.2. The van der Waals surface area contributed by atoms with Crippen molar-refractivity contribution in [3.8, 4) is 0 Å². The van der Waals surface area contributed by atoms with Gasteiger partial charge in [0.2, 0.25) is 0 Å². The fourth-order valence-corrected chi connectivity index (χ4v) is 2.93. The number of halogens is 1. The van der Waals surface area contributed by atoms with Crippen molar-refractivity contribution in [2.24, 2.45) is 0 Å². The summed E-state index contributed by atoms with van der Waals surface area (Å²) in [6, 6.07) is 0. The molecule has 0 aliphatic rings.